The van der Waals surface area contributed by atoms with E-state index in [0.717, 1.165) is 31.0 Å². The normalized spacial score (nSPS) is 21.8. The summed E-state index contributed by atoms with van der Waals surface area (Å²) in [6.45, 7) is 5.06. The Morgan fingerprint density at radius 2 is 2.33 bits per heavy atom. The third kappa shape index (κ3) is 3.27. The lowest BCUT2D eigenvalue weighted by Crippen LogP contribution is -2.23. The molecule has 0 bridgehead atoms. The lowest BCUT2D eigenvalue weighted by molar-refractivity contribution is 0.0156. The molecule has 0 spiro atoms. The molecule has 2 unspecified atom stereocenters. The first-order chi connectivity index (χ1) is 8.70. The largest absolute Gasteiger partial charge is 0.378 e. The summed E-state index contributed by atoms with van der Waals surface area (Å²) in [5, 5.41) is 3.22. The van der Waals surface area contributed by atoms with Crippen LogP contribution in [0.2, 0.25) is 0 Å². The van der Waals surface area contributed by atoms with Gasteiger partial charge in [0, 0.05) is 36.5 Å². The summed E-state index contributed by atoms with van der Waals surface area (Å²) in [7, 11) is 1.95. The standard InChI is InChI=1S/C14H23N3O/c1-10(15-3)13-9-16-14(17-11(13)2)8-12-6-4-5-7-18-12/h9-10,12,15H,4-8H2,1-3H3. The Morgan fingerprint density at radius 3 is 2.94 bits per heavy atom. The summed E-state index contributed by atoms with van der Waals surface area (Å²) in [4.78, 5) is 9.08. The van der Waals surface area contributed by atoms with Crippen LogP contribution in [0.25, 0.3) is 0 Å². The molecule has 1 aromatic rings. The summed E-state index contributed by atoms with van der Waals surface area (Å²) >= 11 is 0. The molecule has 4 nitrogen and oxygen atoms in total. The lowest BCUT2D eigenvalue weighted by Gasteiger charge is -2.22. The Bertz CT molecular complexity index is 389. The highest BCUT2D eigenvalue weighted by Crippen LogP contribution is 2.18. The number of aromatic nitrogens is 2. The molecule has 2 rings (SSSR count). The first kappa shape index (κ1) is 13.4. The van der Waals surface area contributed by atoms with Gasteiger partial charge in [0.2, 0.25) is 0 Å². The van der Waals surface area contributed by atoms with Crippen molar-refractivity contribution in [2.24, 2.45) is 0 Å². The van der Waals surface area contributed by atoms with Crippen molar-refractivity contribution in [3.8, 4) is 0 Å². The van der Waals surface area contributed by atoms with Crippen molar-refractivity contribution in [1.29, 1.82) is 0 Å². The molecule has 1 N–H and O–H groups in total. The number of hydrogen-bond donors (Lipinski definition) is 1. The lowest BCUT2D eigenvalue weighted by atomic mass is 10.1. The molecule has 4 heteroatoms. The minimum Gasteiger partial charge on any atom is -0.378 e. The molecule has 0 saturated carbocycles. The highest BCUT2D eigenvalue weighted by molar-refractivity contribution is 5.19. The van der Waals surface area contributed by atoms with Gasteiger partial charge in [-0.25, -0.2) is 9.97 Å². The van der Waals surface area contributed by atoms with Crippen molar-refractivity contribution >= 4 is 0 Å². The average molecular weight is 249 g/mol. The zero-order valence-corrected chi connectivity index (χ0v) is 11.6. The fraction of sp³-hybridized carbons (Fsp3) is 0.714. The first-order valence-corrected chi connectivity index (χ1v) is 6.82. The summed E-state index contributed by atoms with van der Waals surface area (Å²) in [6, 6.07) is 0.296. The van der Waals surface area contributed by atoms with Gasteiger partial charge < -0.3 is 10.1 Å². The number of nitrogens with zero attached hydrogens (tertiary/aromatic N) is 2. The second-order valence-corrected chi connectivity index (χ2v) is 5.03. The van der Waals surface area contributed by atoms with Crippen LogP contribution in [0.3, 0.4) is 0 Å². The van der Waals surface area contributed by atoms with Crippen LogP contribution in [0.4, 0.5) is 0 Å². The SMILES string of the molecule is CNC(C)c1cnc(CC2CCCCO2)nc1C. The van der Waals surface area contributed by atoms with Crippen LogP contribution >= 0.6 is 0 Å². The summed E-state index contributed by atoms with van der Waals surface area (Å²) in [5.41, 5.74) is 2.24. The predicted molar refractivity (Wildman–Crippen MR) is 71.5 cm³/mol. The Hall–Kier alpha value is -1.00. The van der Waals surface area contributed by atoms with Crippen LogP contribution in [0, 0.1) is 6.92 Å². The molecule has 0 radical (unpaired) electrons. The van der Waals surface area contributed by atoms with Crippen LogP contribution in [-0.2, 0) is 11.2 Å². The molecular formula is C14H23N3O. The number of hydrogen-bond acceptors (Lipinski definition) is 4. The van der Waals surface area contributed by atoms with Crippen molar-refractivity contribution in [2.75, 3.05) is 13.7 Å². The first-order valence-electron chi connectivity index (χ1n) is 6.82. The van der Waals surface area contributed by atoms with Crippen LogP contribution in [0.5, 0.6) is 0 Å². The van der Waals surface area contributed by atoms with Crippen molar-refractivity contribution in [3.05, 3.63) is 23.3 Å². The van der Waals surface area contributed by atoms with E-state index in [-0.39, 0.29) is 0 Å². The number of ether oxygens (including phenoxy) is 1. The minimum absolute atomic E-state index is 0.296. The van der Waals surface area contributed by atoms with Gasteiger partial charge in [-0.2, -0.15) is 0 Å². The third-order valence-corrected chi connectivity index (χ3v) is 3.65. The van der Waals surface area contributed by atoms with E-state index in [1.807, 2.05) is 13.2 Å². The van der Waals surface area contributed by atoms with Gasteiger partial charge in [-0.05, 0) is 40.2 Å². The van der Waals surface area contributed by atoms with Crippen LogP contribution in [-0.4, -0.2) is 29.7 Å². The van der Waals surface area contributed by atoms with Gasteiger partial charge >= 0.3 is 0 Å². The molecule has 1 aliphatic heterocycles. The number of nitrogens with one attached hydrogen (secondary N) is 1. The minimum atomic E-state index is 0.296. The fourth-order valence-corrected chi connectivity index (χ4v) is 2.38. The molecular weight excluding hydrogens is 226 g/mol. The molecule has 1 aromatic heterocycles. The van der Waals surface area contributed by atoms with Gasteiger partial charge in [0.25, 0.3) is 0 Å². The van der Waals surface area contributed by atoms with Crippen molar-refractivity contribution in [2.45, 2.75) is 51.7 Å². The van der Waals surface area contributed by atoms with E-state index in [0.29, 0.717) is 12.1 Å². The summed E-state index contributed by atoms with van der Waals surface area (Å²) in [6.07, 6.45) is 6.69. The van der Waals surface area contributed by atoms with Gasteiger partial charge in [0.1, 0.15) is 5.82 Å². The highest BCUT2D eigenvalue weighted by Gasteiger charge is 2.17. The van der Waals surface area contributed by atoms with Crippen LogP contribution in [0.15, 0.2) is 6.20 Å². The van der Waals surface area contributed by atoms with Crippen LogP contribution in [0.1, 0.15) is 49.3 Å². The maximum Gasteiger partial charge on any atom is 0.131 e. The van der Waals surface area contributed by atoms with Gasteiger partial charge in [-0.15, -0.1) is 0 Å². The topological polar surface area (TPSA) is 47.0 Å². The van der Waals surface area contributed by atoms with E-state index in [1.54, 1.807) is 0 Å². The Morgan fingerprint density at radius 1 is 1.50 bits per heavy atom. The average Bonchev–Trinajstić information content (AvgIpc) is 2.39. The van der Waals surface area contributed by atoms with E-state index in [1.165, 1.54) is 18.4 Å². The molecule has 1 saturated heterocycles. The van der Waals surface area contributed by atoms with Gasteiger partial charge in [0.05, 0.1) is 6.10 Å². The molecule has 1 aliphatic rings. The molecule has 100 valence electrons. The second kappa shape index (κ2) is 6.25. The zero-order valence-electron chi connectivity index (χ0n) is 11.6. The maximum atomic E-state index is 5.73. The van der Waals surface area contributed by atoms with Crippen molar-refractivity contribution in [3.63, 3.8) is 0 Å². The van der Waals surface area contributed by atoms with Crippen molar-refractivity contribution in [1.82, 2.24) is 15.3 Å². The van der Waals surface area contributed by atoms with Gasteiger partial charge in [-0.3, -0.25) is 0 Å². The second-order valence-electron chi connectivity index (χ2n) is 5.03. The molecule has 1 fully saturated rings. The molecule has 0 amide bonds. The molecule has 18 heavy (non-hydrogen) atoms. The monoisotopic (exact) mass is 249 g/mol. The smallest absolute Gasteiger partial charge is 0.131 e. The zero-order chi connectivity index (χ0) is 13.0. The van der Waals surface area contributed by atoms with E-state index >= 15 is 0 Å². The Kier molecular flexibility index (Phi) is 4.66. The summed E-state index contributed by atoms with van der Waals surface area (Å²) in [5.74, 6) is 0.909. The predicted octanol–water partition coefficient (Wildman–Crippen LogP) is 2.18. The number of rotatable bonds is 4. The van der Waals surface area contributed by atoms with E-state index in [2.05, 4.69) is 29.1 Å². The molecule has 2 heterocycles. The van der Waals surface area contributed by atoms with Crippen molar-refractivity contribution < 1.29 is 4.74 Å². The fourth-order valence-electron chi connectivity index (χ4n) is 2.38. The van der Waals surface area contributed by atoms with Gasteiger partial charge in [-0.1, -0.05) is 0 Å². The van der Waals surface area contributed by atoms with E-state index in [4.69, 9.17) is 4.74 Å². The maximum absolute atomic E-state index is 5.73. The summed E-state index contributed by atoms with van der Waals surface area (Å²) < 4.78 is 5.73. The Labute approximate surface area is 109 Å². The van der Waals surface area contributed by atoms with E-state index in [9.17, 15) is 0 Å². The number of aryl methyl sites for hydroxylation is 1. The Balaban J connectivity index is 2.03. The molecule has 2 atom stereocenters. The van der Waals surface area contributed by atoms with E-state index < -0.39 is 0 Å². The quantitative estimate of drug-likeness (QED) is 0.888. The highest BCUT2D eigenvalue weighted by atomic mass is 16.5. The molecule has 0 aromatic carbocycles. The third-order valence-electron chi connectivity index (χ3n) is 3.65. The molecule has 0 aliphatic carbocycles. The van der Waals surface area contributed by atoms with Gasteiger partial charge in [0.15, 0.2) is 0 Å². The van der Waals surface area contributed by atoms with Crippen LogP contribution < -0.4 is 5.32 Å².